The average Bonchev–Trinajstić information content (AvgIpc) is 2.98. The van der Waals surface area contributed by atoms with Crippen LogP contribution < -0.4 is 5.32 Å². The van der Waals surface area contributed by atoms with Gasteiger partial charge in [0.25, 0.3) is 0 Å². The van der Waals surface area contributed by atoms with Gasteiger partial charge in [-0.1, -0.05) is 48.5 Å². The van der Waals surface area contributed by atoms with Crippen molar-refractivity contribution in [1.29, 1.82) is 0 Å². The zero-order valence-electron chi connectivity index (χ0n) is 19.8. The molecule has 1 aromatic heterocycles. The molecular formula is C27H35N5O. The molecule has 1 amide bonds. The highest BCUT2D eigenvalue weighted by Crippen LogP contribution is 2.20. The van der Waals surface area contributed by atoms with E-state index in [-0.39, 0.29) is 5.91 Å². The van der Waals surface area contributed by atoms with Gasteiger partial charge in [-0.25, -0.2) is 4.68 Å². The van der Waals surface area contributed by atoms with Crippen LogP contribution in [0.5, 0.6) is 0 Å². The SMILES string of the molecule is Cc1nn(-c2ccccc2)c(C)c1CN1CCCN(CC(=O)NCCc2ccccc2)CC1. The van der Waals surface area contributed by atoms with Gasteiger partial charge in [0.05, 0.1) is 17.9 Å². The summed E-state index contributed by atoms with van der Waals surface area (Å²) in [6, 6.07) is 20.6. The number of nitrogens with zero attached hydrogens (tertiary/aromatic N) is 4. The van der Waals surface area contributed by atoms with Crippen molar-refractivity contribution in [3.63, 3.8) is 0 Å². The van der Waals surface area contributed by atoms with Crippen molar-refractivity contribution in [3.05, 3.63) is 83.2 Å². The summed E-state index contributed by atoms with van der Waals surface area (Å²) in [6.07, 6.45) is 1.94. The third kappa shape index (κ3) is 6.30. The molecule has 6 heteroatoms. The maximum atomic E-state index is 12.4. The Labute approximate surface area is 197 Å². The van der Waals surface area contributed by atoms with Crippen LogP contribution in [0.15, 0.2) is 60.7 Å². The molecule has 33 heavy (non-hydrogen) atoms. The van der Waals surface area contributed by atoms with Crippen LogP contribution in [-0.4, -0.2) is 64.8 Å². The van der Waals surface area contributed by atoms with E-state index in [0.717, 1.165) is 56.9 Å². The second kappa shape index (κ2) is 11.3. The van der Waals surface area contributed by atoms with E-state index in [0.29, 0.717) is 13.1 Å². The molecule has 1 N–H and O–H groups in total. The molecule has 2 heterocycles. The number of hydrogen-bond acceptors (Lipinski definition) is 4. The molecule has 1 aliphatic heterocycles. The minimum Gasteiger partial charge on any atom is -0.355 e. The molecule has 0 unspecified atom stereocenters. The molecule has 6 nitrogen and oxygen atoms in total. The highest BCUT2D eigenvalue weighted by Gasteiger charge is 2.20. The minimum atomic E-state index is 0.121. The molecule has 1 saturated heterocycles. The van der Waals surface area contributed by atoms with E-state index in [2.05, 4.69) is 57.9 Å². The summed E-state index contributed by atoms with van der Waals surface area (Å²) in [5.41, 5.74) is 5.97. The summed E-state index contributed by atoms with van der Waals surface area (Å²) in [6.45, 7) is 10.2. The van der Waals surface area contributed by atoms with Gasteiger partial charge in [-0.3, -0.25) is 14.6 Å². The number of benzene rings is 2. The van der Waals surface area contributed by atoms with Gasteiger partial charge in [0, 0.05) is 37.4 Å². The van der Waals surface area contributed by atoms with Crippen LogP contribution in [0.1, 0.15) is 28.9 Å². The van der Waals surface area contributed by atoms with Crippen LogP contribution in [0.3, 0.4) is 0 Å². The fourth-order valence-electron chi connectivity index (χ4n) is 4.54. The lowest BCUT2D eigenvalue weighted by molar-refractivity contribution is -0.122. The number of nitrogens with one attached hydrogen (secondary N) is 1. The van der Waals surface area contributed by atoms with E-state index >= 15 is 0 Å². The Hall–Kier alpha value is -2.96. The molecule has 1 aliphatic rings. The van der Waals surface area contributed by atoms with Gasteiger partial charge in [0.2, 0.25) is 5.91 Å². The van der Waals surface area contributed by atoms with E-state index in [1.807, 2.05) is 36.4 Å². The molecule has 0 atom stereocenters. The Morgan fingerprint density at radius 3 is 2.33 bits per heavy atom. The van der Waals surface area contributed by atoms with Crippen molar-refractivity contribution >= 4 is 5.91 Å². The first-order valence-electron chi connectivity index (χ1n) is 12.0. The van der Waals surface area contributed by atoms with Crippen LogP contribution in [-0.2, 0) is 17.8 Å². The lowest BCUT2D eigenvalue weighted by atomic mass is 10.1. The van der Waals surface area contributed by atoms with E-state index in [1.54, 1.807) is 0 Å². The summed E-state index contributed by atoms with van der Waals surface area (Å²) in [5.74, 6) is 0.121. The van der Waals surface area contributed by atoms with Gasteiger partial charge in [-0.2, -0.15) is 5.10 Å². The van der Waals surface area contributed by atoms with Gasteiger partial charge in [0.15, 0.2) is 0 Å². The number of carbonyl (C=O) groups excluding carboxylic acids is 1. The normalized spacial score (nSPS) is 15.3. The largest absolute Gasteiger partial charge is 0.355 e. The van der Waals surface area contributed by atoms with Crippen LogP contribution in [0, 0.1) is 13.8 Å². The maximum absolute atomic E-state index is 12.4. The first-order valence-corrected chi connectivity index (χ1v) is 12.0. The van der Waals surface area contributed by atoms with Crippen LogP contribution in [0.4, 0.5) is 0 Å². The third-order valence-corrected chi connectivity index (χ3v) is 6.45. The highest BCUT2D eigenvalue weighted by atomic mass is 16.2. The van der Waals surface area contributed by atoms with E-state index in [4.69, 9.17) is 5.10 Å². The molecule has 0 saturated carbocycles. The number of hydrogen-bond donors (Lipinski definition) is 1. The first-order chi connectivity index (χ1) is 16.1. The van der Waals surface area contributed by atoms with Crippen molar-refractivity contribution in [2.45, 2.75) is 33.2 Å². The molecule has 3 aromatic rings. The summed E-state index contributed by atoms with van der Waals surface area (Å²) in [7, 11) is 0. The Bertz CT molecular complexity index is 1030. The van der Waals surface area contributed by atoms with E-state index in [9.17, 15) is 4.79 Å². The molecule has 0 bridgehead atoms. The molecular weight excluding hydrogens is 410 g/mol. The van der Waals surface area contributed by atoms with Crippen LogP contribution in [0.2, 0.25) is 0 Å². The van der Waals surface area contributed by atoms with E-state index < -0.39 is 0 Å². The van der Waals surface area contributed by atoms with Gasteiger partial charge in [-0.05, 0) is 57.5 Å². The lowest BCUT2D eigenvalue weighted by Crippen LogP contribution is -2.39. The average molecular weight is 446 g/mol. The Kier molecular flexibility index (Phi) is 7.92. The second-order valence-electron chi connectivity index (χ2n) is 8.89. The number of carbonyl (C=O) groups is 1. The smallest absolute Gasteiger partial charge is 0.234 e. The number of amides is 1. The quantitative estimate of drug-likeness (QED) is 0.578. The summed E-state index contributed by atoms with van der Waals surface area (Å²) in [4.78, 5) is 17.2. The van der Waals surface area contributed by atoms with Gasteiger partial charge in [-0.15, -0.1) is 0 Å². The predicted molar refractivity (Wildman–Crippen MR) is 133 cm³/mol. The second-order valence-corrected chi connectivity index (χ2v) is 8.89. The van der Waals surface area contributed by atoms with E-state index in [1.165, 1.54) is 16.8 Å². The molecule has 2 aromatic carbocycles. The number of aromatic nitrogens is 2. The Balaban J connectivity index is 1.26. The first kappa shape index (κ1) is 23.2. The van der Waals surface area contributed by atoms with Crippen molar-refractivity contribution in [2.75, 3.05) is 39.3 Å². The fraction of sp³-hybridized carbons (Fsp3) is 0.407. The third-order valence-electron chi connectivity index (χ3n) is 6.45. The molecule has 0 radical (unpaired) electrons. The van der Waals surface area contributed by atoms with Gasteiger partial charge < -0.3 is 5.32 Å². The molecule has 174 valence electrons. The van der Waals surface area contributed by atoms with Gasteiger partial charge >= 0.3 is 0 Å². The fourth-order valence-corrected chi connectivity index (χ4v) is 4.54. The minimum absolute atomic E-state index is 0.121. The van der Waals surface area contributed by atoms with Crippen LogP contribution >= 0.6 is 0 Å². The molecule has 0 aliphatic carbocycles. The number of aryl methyl sites for hydroxylation is 1. The molecule has 0 spiro atoms. The summed E-state index contributed by atoms with van der Waals surface area (Å²) >= 11 is 0. The molecule has 4 rings (SSSR count). The van der Waals surface area contributed by atoms with Crippen molar-refractivity contribution in [1.82, 2.24) is 24.9 Å². The Morgan fingerprint density at radius 1 is 0.909 bits per heavy atom. The van der Waals surface area contributed by atoms with Crippen molar-refractivity contribution in [3.8, 4) is 5.69 Å². The van der Waals surface area contributed by atoms with Gasteiger partial charge in [0.1, 0.15) is 0 Å². The monoisotopic (exact) mass is 445 g/mol. The van der Waals surface area contributed by atoms with Crippen molar-refractivity contribution < 1.29 is 4.79 Å². The van der Waals surface area contributed by atoms with Crippen LogP contribution in [0.25, 0.3) is 5.69 Å². The number of para-hydroxylation sites is 1. The maximum Gasteiger partial charge on any atom is 0.234 e. The Morgan fingerprint density at radius 2 is 1.58 bits per heavy atom. The highest BCUT2D eigenvalue weighted by molar-refractivity contribution is 5.78. The topological polar surface area (TPSA) is 53.4 Å². The predicted octanol–water partition coefficient (Wildman–Crippen LogP) is 3.36. The summed E-state index contributed by atoms with van der Waals surface area (Å²) in [5, 5.41) is 7.88. The van der Waals surface area contributed by atoms with Crippen molar-refractivity contribution in [2.24, 2.45) is 0 Å². The number of rotatable bonds is 8. The zero-order valence-corrected chi connectivity index (χ0v) is 19.8. The lowest BCUT2D eigenvalue weighted by Gasteiger charge is -2.21. The summed E-state index contributed by atoms with van der Waals surface area (Å²) < 4.78 is 2.05. The zero-order chi connectivity index (χ0) is 23.0. The molecule has 1 fully saturated rings. The standard InChI is InChI=1S/C27H35N5O/c1-22-26(23(2)32(29-22)25-12-7-4-8-13-25)20-30-16-9-17-31(19-18-30)21-27(33)28-15-14-24-10-5-3-6-11-24/h3-8,10-13H,9,14-21H2,1-2H3,(H,28,33).